The molecule has 19 heavy (non-hydrogen) atoms. The summed E-state index contributed by atoms with van der Waals surface area (Å²) in [7, 11) is 6.76. The molecule has 1 N–H and O–H groups in total. The van der Waals surface area contributed by atoms with E-state index < -0.39 is 0 Å². The predicted molar refractivity (Wildman–Crippen MR) is 82.6 cm³/mol. The Bertz CT molecular complexity index is 248. The molecule has 1 heterocycles. The number of nitrogens with one attached hydrogen (secondary N) is 1. The zero-order valence-corrected chi connectivity index (χ0v) is 13.2. The van der Waals surface area contributed by atoms with Crippen LogP contribution in [0.15, 0.2) is 0 Å². The minimum absolute atomic E-state index is 0.707. The van der Waals surface area contributed by atoms with E-state index in [9.17, 15) is 0 Å². The highest BCUT2D eigenvalue weighted by atomic mass is 15.2. The first-order valence-corrected chi connectivity index (χ1v) is 8.26. The molecule has 1 saturated heterocycles. The van der Waals surface area contributed by atoms with Crippen molar-refractivity contribution in [1.29, 1.82) is 0 Å². The molecule has 0 amide bonds. The predicted octanol–water partition coefficient (Wildman–Crippen LogP) is 2.18. The minimum Gasteiger partial charge on any atom is -0.315 e. The topological polar surface area (TPSA) is 18.5 Å². The maximum absolute atomic E-state index is 3.57. The van der Waals surface area contributed by atoms with Gasteiger partial charge in [-0.1, -0.05) is 19.3 Å². The lowest BCUT2D eigenvalue weighted by Crippen LogP contribution is -2.49. The van der Waals surface area contributed by atoms with Gasteiger partial charge in [0, 0.05) is 18.6 Å². The molecule has 2 aliphatic rings. The molecule has 0 spiro atoms. The van der Waals surface area contributed by atoms with Crippen molar-refractivity contribution in [1.82, 2.24) is 15.1 Å². The Hall–Kier alpha value is -0.120. The van der Waals surface area contributed by atoms with Crippen molar-refractivity contribution < 1.29 is 0 Å². The largest absolute Gasteiger partial charge is 0.315 e. The third kappa shape index (κ3) is 4.44. The van der Waals surface area contributed by atoms with Crippen molar-refractivity contribution in [3.63, 3.8) is 0 Å². The van der Waals surface area contributed by atoms with Gasteiger partial charge in [-0.15, -0.1) is 0 Å². The van der Waals surface area contributed by atoms with E-state index in [-0.39, 0.29) is 0 Å². The summed E-state index contributed by atoms with van der Waals surface area (Å²) in [5, 5.41) is 3.57. The number of likely N-dealkylation sites (N-methyl/N-ethyl adjacent to an activating group) is 2. The number of hydrogen-bond donors (Lipinski definition) is 1. The van der Waals surface area contributed by atoms with Crippen LogP contribution in [0.5, 0.6) is 0 Å². The second-order valence-corrected chi connectivity index (χ2v) is 6.79. The summed E-state index contributed by atoms with van der Waals surface area (Å²) >= 11 is 0. The van der Waals surface area contributed by atoms with Crippen molar-refractivity contribution >= 4 is 0 Å². The van der Waals surface area contributed by atoms with Crippen molar-refractivity contribution in [2.24, 2.45) is 5.92 Å². The molecule has 2 fully saturated rings. The van der Waals surface area contributed by atoms with Crippen LogP contribution in [0.4, 0.5) is 0 Å². The summed E-state index contributed by atoms with van der Waals surface area (Å²) in [6.45, 7) is 3.88. The van der Waals surface area contributed by atoms with E-state index in [0.29, 0.717) is 6.04 Å². The molecule has 1 saturated carbocycles. The van der Waals surface area contributed by atoms with Crippen LogP contribution < -0.4 is 5.32 Å². The second kappa shape index (κ2) is 7.61. The Morgan fingerprint density at radius 2 is 1.74 bits per heavy atom. The zero-order valence-electron chi connectivity index (χ0n) is 13.2. The maximum Gasteiger partial charge on any atom is 0.0246 e. The van der Waals surface area contributed by atoms with Crippen LogP contribution in [0.25, 0.3) is 0 Å². The molecule has 2 rings (SSSR count). The maximum atomic E-state index is 3.57. The Morgan fingerprint density at radius 1 is 1.05 bits per heavy atom. The molecule has 0 aromatic carbocycles. The summed E-state index contributed by atoms with van der Waals surface area (Å²) < 4.78 is 0. The monoisotopic (exact) mass is 267 g/mol. The molecule has 2 unspecified atom stereocenters. The van der Waals surface area contributed by atoms with Gasteiger partial charge in [-0.05, 0) is 65.8 Å². The summed E-state index contributed by atoms with van der Waals surface area (Å²) in [6.07, 6.45) is 9.77. The first kappa shape index (κ1) is 15.3. The fraction of sp³-hybridized carbons (Fsp3) is 1.00. The van der Waals surface area contributed by atoms with Gasteiger partial charge in [0.2, 0.25) is 0 Å². The number of piperidine rings is 1. The van der Waals surface area contributed by atoms with E-state index in [1.807, 2.05) is 0 Å². The number of nitrogens with zero attached hydrogens (tertiary/aromatic N) is 2. The lowest BCUT2D eigenvalue weighted by atomic mass is 9.94. The lowest BCUT2D eigenvalue weighted by molar-refractivity contribution is 0.127. The summed E-state index contributed by atoms with van der Waals surface area (Å²) in [5.41, 5.74) is 0. The van der Waals surface area contributed by atoms with Gasteiger partial charge in [-0.25, -0.2) is 0 Å². The minimum atomic E-state index is 0.707. The molecule has 1 aliphatic heterocycles. The van der Waals surface area contributed by atoms with Gasteiger partial charge in [-0.3, -0.25) is 0 Å². The highest BCUT2D eigenvalue weighted by molar-refractivity contribution is 4.86. The van der Waals surface area contributed by atoms with E-state index in [1.54, 1.807) is 0 Å². The van der Waals surface area contributed by atoms with Crippen LogP contribution in [0, 0.1) is 5.92 Å². The molecule has 0 aromatic heterocycles. The molecule has 3 heteroatoms. The first-order chi connectivity index (χ1) is 9.20. The third-order valence-corrected chi connectivity index (χ3v) is 5.30. The average molecular weight is 267 g/mol. The molecule has 0 bridgehead atoms. The van der Waals surface area contributed by atoms with Gasteiger partial charge in [0.15, 0.2) is 0 Å². The van der Waals surface area contributed by atoms with Gasteiger partial charge in [0.05, 0.1) is 0 Å². The first-order valence-electron chi connectivity index (χ1n) is 8.26. The lowest BCUT2D eigenvalue weighted by Gasteiger charge is -2.37. The highest BCUT2D eigenvalue weighted by Gasteiger charge is 2.28. The Kier molecular flexibility index (Phi) is 6.11. The molecule has 0 radical (unpaired) electrons. The molecular formula is C16H33N3. The highest BCUT2D eigenvalue weighted by Crippen LogP contribution is 2.24. The van der Waals surface area contributed by atoms with Crippen LogP contribution in [0.2, 0.25) is 0 Å². The second-order valence-electron chi connectivity index (χ2n) is 6.79. The summed E-state index contributed by atoms with van der Waals surface area (Å²) in [4.78, 5) is 5.14. The van der Waals surface area contributed by atoms with Crippen LogP contribution in [-0.4, -0.2) is 62.7 Å². The van der Waals surface area contributed by atoms with E-state index in [1.165, 1.54) is 64.6 Å². The third-order valence-electron chi connectivity index (χ3n) is 5.30. The molecular weight excluding hydrogens is 234 g/mol. The molecule has 2 atom stereocenters. The van der Waals surface area contributed by atoms with E-state index >= 15 is 0 Å². The van der Waals surface area contributed by atoms with Crippen molar-refractivity contribution in [2.75, 3.05) is 40.8 Å². The Labute approximate surface area is 119 Å². The van der Waals surface area contributed by atoms with Gasteiger partial charge < -0.3 is 15.1 Å². The van der Waals surface area contributed by atoms with E-state index in [2.05, 4.69) is 36.3 Å². The fourth-order valence-corrected chi connectivity index (χ4v) is 3.94. The smallest absolute Gasteiger partial charge is 0.0246 e. The van der Waals surface area contributed by atoms with Gasteiger partial charge in [-0.2, -0.15) is 0 Å². The van der Waals surface area contributed by atoms with E-state index in [0.717, 1.165) is 12.0 Å². The van der Waals surface area contributed by atoms with Crippen LogP contribution in [0.1, 0.15) is 44.9 Å². The number of likely N-dealkylation sites (tertiary alicyclic amines) is 1. The van der Waals surface area contributed by atoms with Crippen molar-refractivity contribution in [3.05, 3.63) is 0 Å². The van der Waals surface area contributed by atoms with Gasteiger partial charge in [0.1, 0.15) is 0 Å². The molecule has 1 aliphatic carbocycles. The molecule has 3 nitrogen and oxygen atoms in total. The molecule has 112 valence electrons. The fourth-order valence-electron chi connectivity index (χ4n) is 3.94. The van der Waals surface area contributed by atoms with E-state index in [4.69, 9.17) is 0 Å². The van der Waals surface area contributed by atoms with Gasteiger partial charge >= 0.3 is 0 Å². The van der Waals surface area contributed by atoms with Gasteiger partial charge in [0.25, 0.3) is 0 Å². The molecule has 0 aromatic rings. The SMILES string of the molecule is CNC1CCCCCC1N(C)CC1CCN(C)CC1. The Morgan fingerprint density at radius 3 is 2.42 bits per heavy atom. The Balaban J connectivity index is 1.84. The van der Waals surface area contributed by atoms with Crippen LogP contribution >= 0.6 is 0 Å². The summed E-state index contributed by atoms with van der Waals surface area (Å²) in [6, 6.07) is 1.46. The van der Waals surface area contributed by atoms with Crippen LogP contribution in [-0.2, 0) is 0 Å². The normalized spacial score (nSPS) is 31.6. The standard InChI is InChI=1S/C16H33N3/c1-17-15-7-5-4-6-8-16(15)19(3)13-14-9-11-18(2)12-10-14/h14-17H,4-13H2,1-3H3. The van der Waals surface area contributed by atoms with Crippen molar-refractivity contribution in [3.8, 4) is 0 Å². The number of hydrogen-bond acceptors (Lipinski definition) is 3. The van der Waals surface area contributed by atoms with Crippen molar-refractivity contribution in [2.45, 2.75) is 57.0 Å². The van der Waals surface area contributed by atoms with Crippen LogP contribution in [0.3, 0.4) is 0 Å². The number of rotatable bonds is 4. The quantitative estimate of drug-likeness (QED) is 0.788. The zero-order chi connectivity index (χ0) is 13.7. The average Bonchev–Trinajstić information content (AvgIpc) is 2.66. The summed E-state index contributed by atoms with van der Waals surface area (Å²) in [5.74, 6) is 0.918.